The van der Waals surface area contributed by atoms with Crippen molar-refractivity contribution in [2.45, 2.75) is 38.6 Å². The number of hydrogen-bond acceptors (Lipinski definition) is 2. The summed E-state index contributed by atoms with van der Waals surface area (Å²) < 4.78 is 0. The van der Waals surface area contributed by atoms with E-state index >= 15 is 0 Å². The van der Waals surface area contributed by atoms with Crippen molar-refractivity contribution in [1.82, 2.24) is 4.90 Å². The van der Waals surface area contributed by atoms with Crippen molar-refractivity contribution in [1.29, 1.82) is 0 Å². The second-order valence-corrected chi connectivity index (χ2v) is 6.53. The average molecular weight is 272 g/mol. The van der Waals surface area contributed by atoms with Crippen LogP contribution in [-0.2, 0) is 10.3 Å². The number of amides is 1. The summed E-state index contributed by atoms with van der Waals surface area (Å²) in [4.78, 5) is 17.4. The molecule has 0 N–H and O–H groups in total. The lowest BCUT2D eigenvalue weighted by atomic mass is 9.82. The first kappa shape index (κ1) is 13.6. The Kier molecular flexibility index (Phi) is 3.33. The van der Waals surface area contributed by atoms with Gasteiger partial charge in [-0.2, -0.15) is 0 Å². The third-order valence-electron chi connectivity index (χ3n) is 4.72. The van der Waals surface area contributed by atoms with Crippen molar-refractivity contribution in [3.63, 3.8) is 0 Å². The van der Waals surface area contributed by atoms with Crippen molar-refractivity contribution in [3.05, 3.63) is 29.8 Å². The van der Waals surface area contributed by atoms with Gasteiger partial charge < -0.3 is 4.90 Å². The van der Waals surface area contributed by atoms with Crippen LogP contribution in [0.5, 0.6) is 0 Å². The quantitative estimate of drug-likeness (QED) is 0.844. The fraction of sp³-hybridized carbons (Fsp3) is 0.588. The predicted molar refractivity (Wildman–Crippen MR) is 81.8 cm³/mol. The van der Waals surface area contributed by atoms with Crippen LogP contribution < -0.4 is 4.90 Å². The number of para-hydroxylation sites is 1. The molecule has 2 aliphatic rings. The molecule has 1 unspecified atom stereocenters. The zero-order chi connectivity index (χ0) is 14.3. The van der Waals surface area contributed by atoms with E-state index in [-0.39, 0.29) is 5.91 Å². The summed E-state index contributed by atoms with van der Waals surface area (Å²) in [6, 6.07) is 8.32. The molecule has 2 aliphatic heterocycles. The first-order valence-corrected chi connectivity index (χ1v) is 7.70. The molecule has 1 aromatic carbocycles. The Morgan fingerprint density at radius 3 is 2.50 bits per heavy atom. The lowest BCUT2D eigenvalue weighted by molar-refractivity contribution is -0.130. The summed E-state index contributed by atoms with van der Waals surface area (Å²) in [5.74, 6) is 0.758. The number of likely N-dealkylation sites (tertiary alicyclic amines) is 1. The Bertz CT molecular complexity index is 519. The van der Waals surface area contributed by atoms with E-state index < -0.39 is 5.54 Å². The normalized spacial score (nSPS) is 26.6. The van der Waals surface area contributed by atoms with E-state index in [0.29, 0.717) is 5.92 Å². The van der Waals surface area contributed by atoms with Crippen molar-refractivity contribution in [2.75, 3.05) is 25.0 Å². The fourth-order valence-corrected chi connectivity index (χ4v) is 3.94. The number of anilines is 1. The molecule has 20 heavy (non-hydrogen) atoms. The van der Waals surface area contributed by atoms with Crippen LogP contribution in [0.25, 0.3) is 0 Å². The van der Waals surface area contributed by atoms with Crippen molar-refractivity contribution < 1.29 is 4.79 Å². The van der Waals surface area contributed by atoms with Gasteiger partial charge in [0.1, 0.15) is 5.54 Å². The smallest absolute Gasteiger partial charge is 0.251 e. The van der Waals surface area contributed by atoms with E-state index in [1.807, 2.05) is 18.0 Å². The summed E-state index contributed by atoms with van der Waals surface area (Å²) in [5, 5.41) is 0. The maximum Gasteiger partial charge on any atom is 0.251 e. The summed E-state index contributed by atoms with van der Waals surface area (Å²) in [7, 11) is 1.92. The minimum absolute atomic E-state index is 0.259. The fourth-order valence-electron chi connectivity index (χ4n) is 3.94. The van der Waals surface area contributed by atoms with Gasteiger partial charge in [-0.25, -0.2) is 0 Å². The number of hydrogen-bond donors (Lipinski definition) is 0. The highest BCUT2D eigenvalue weighted by atomic mass is 16.2. The van der Waals surface area contributed by atoms with Crippen molar-refractivity contribution in [2.24, 2.45) is 5.92 Å². The monoisotopic (exact) mass is 272 g/mol. The molecular formula is C17H24N2O. The van der Waals surface area contributed by atoms with Gasteiger partial charge in [-0.15, -0.1) is 0 Å². The first-order valence-electron chi connectivity index (χ1n) is 7.70. The highest BCUT2D eigenvalue weighted by Crippen LogP contribution is 2.48. The molecule has 0 spiro atoms. The van der Waals surface area contributed by atoms with Crippen LogP contribution in [0.15, 0.2) is 24.3 Å². The molecule has 0 aliphatic carbocycles. The van der Waals surface area contributed by atoms with Crippen LogP contribution in [0.3, 0.4) is 0 Å². The number of benzene rings is 1. The third kappa shape index (κ3) is 1.80. The van der Waals surface area contributed by atoms with Crippen LogP contribution in [0, 0.1) is 5.92 Å². The maximum absolute atomic E-state index is 13.1. The molecule has 0 radical (unpaired) electrons. The van der Waals surface area contributed by atoms with Gasteiger partial charge in [0.15, 0.2) is 0 Å². The Morgan fingerprint density at radius 1 is 1.20 bits per heavy atom. The van der Waals surface area contributed by atoms with Gasteiger partial charge in [0.25, 0.3) is 5.91 Å². The van der Waals surface area contributed by atoms with Gasteiger partial charge in [-0.05, 0) is 44.3 Å². The topological polar surface area (TPSA) is 23.6 Å². The molecule has 108 valence electrons. The van der Waals surface area contributed by atoms with E-state index in [1.165, 1.54) is 18.4 Å². The van der Waals surface area contributed by atoms with Gasteiger partial charge in [0.05, 0.1) is 0 Å². The third-order valence-corrected chi connectivity index (χ3v) is 4.72. The molecule has 0 saturated carbocycles. The molecule has 1 amide bonds. The van der Waals surface area contributed by atoms with Gasteiger partial charge in [-0.1, -0.05) is 32.0 Å². The molecule has 3 rings (SSSR count). The van der Waals surface area contributed by atoms with Gasteiger partial charge in [0, 0.05) is 18.3 Å². The second-order valence-electron chi connectivity index (χ2n) is 6.53. The molecule has 0 bridgehead atoms. The molecule has 1 saturated heterocycles. The predicted octanol–water partition coefficient (Wildman–Crippen LogP) is 3.00. The van der Waals surface area contributed by atoms with Crippen LogP contribution >= 0.6 is 0 Å². The molecule has 3 heteroatoms. The number of nitrogens with zero attached hydrogens (tertiary/aromatic N) is 2. The van der Waals surface area contributed by atoms with Crippen LogP contribution in [0.1, 0.15) is 38.7 Å². The van der Waals surface area contributed by atoms with E-state index in [0.717, 1.165) is 25.2 Å². The van der Waals surface area contributed by atoms with Crippen molar-refractivity contribution >= 4 is 11.6 Å². The molecule has 0 aromatic heterocycles. The minimum Gasteiger partial charge on any atom is -0.313 e. The molecular weight excluding hydrogens is 248 g/mol. The number of fused-ring (bicyclic) bond motifs is 1. The Morgan fingerprint density at radius 2 is 1.85 bits per heavy atom. The maximum atomic E-state index is 13.1. The highest BCUT2D eigenvalue weighted by molar-refractivity contribution is 6.07. The number of rotatable bonds is 3. The summed E-state index contributed by atoms with van der Waals surface area (Å²) in [6.07, 6.45) is 3.32. The van der Waals surface area contributed by atoms with E-state index in [2.05, 4.69) is 36.9 Å². The summed E-state index contributed by atoms with van der Waals surface area (Å²) >= 11 is 0. The average Bonchev–Trinajstić information content (AvgIpc) is 3.02. The van der Waals surface area contributed by atoms with Gasteiger partial charge >= 0.3 is 0 Å². The standard InChI is InChI=1S/C17H24N2O/c1-13(2)12-17(19-10-6-7-11-19)14-8-4-5-9-15(14)18(3)16(17)20/h4-5,8-9,13H,6-7,10-12H2,1-3H3. The van der Waals surface area contributed by atoms with Crippen LogP contribution in [-0.4, -0.2) is 30.9 Å². The zero-order valence-corrected chi connectivity index (χ0v) is 12.7. The van der Waals surface area contributed by atoms with Gasteiger partial charge in [-0.3, -0.25) is 9.69 Å². The van der Waals surface area contributed by atoms with Crippen LogP contribution in [0.2, 0.25) is 0 Å². The SMILES string of the molecule is CC(C)CC1(N2CCCC2)C(=O)N(C)c2ccccc21. The summed E-state index contributed by atoms with van der Waals surface area (Å²) in [5.41, 5.74) is 1.88. The lowest BCUT2D eigenvalue weighted by Crippen LogP contribution is -2.52. The van der Waals surface area contributed by atoms with E-state index in [4.69, 9.17) is 0 Å². The van der Waals surface area contributed by atoms with Crippen LogP contribution in [0.4, 0.5) is 5.69 Å². The molecule has 1 atom stereocenters. The molecule has 2 heterocycles. The zero-order valence-electron chi connectivity index (χ0n) is 12.7. The molecule has 3 nitrogen and oxygen atoms in total. The first-order chi connectivity index (χ1) is 9.57. The van der Waals surface area contributed by atoms with E-state index in [1.54, 1.807) is 0 Å². The van der Waals surface area contributed by atoms with Gasteiger partial charge in [0.2, 0.25) is 0 Å². The lowest BCUT2D eigenvalue weighted by Gasteiger charge is -2.38. The summed E-state index contributed by atoms with van der Waals surface area (Å²) in [6.45, 7) is 6.51. The Labute approximate surface area is 121 Å². The number of carbonyl (C=O) groups excluding carboxylic acids is 1. The Hall–Kier alpha value is -1.35. The second kappa shape index (κ2) is 4.88. The largest absolute Gasteiger partial charge is 0.313 e. The van der Waals surface area contributed by atoms with E-state index in [9.17, 15) is 4.79 Å². The molecule has 1 aromatic rings. The Balaban J connectivity index is 2.15. The van der Waals surface area contributed by atoms with Crippen molar-refractivity contribution in [3.8, 4) is 0 Å². The number of likely N-dealkylation sites (N-methyl/N-ethyl adjacent to an activating group) is 1. The highest BCUT2D eigenvalue weighted by Gasteiger charge is 2.53. The minimum atomic E-state index is -0.421. The number of carbonyl (C=O) groups is 1. The molecule has 1 fully saturated rings.